The highest BCUT2D eigenvalue weighted by Crippen LogP contribution is 2.40. The largest absolute Gasteiger partial charge is 0.310 e. The molecule has 1 aliphatic rings. The number of anilines is 1. The number of fused-ring (bicyclic) bond motifs is 1. The van der Waals surface area contributed by atoms with Gasteiger partial charge in [-0.1, -0.05) is 26.0 Å². The second-order valence-corrected chi connectivity index (χ2v) is 6.93. The van der Waals surface area contributed by atoms with Crippen molar-refractivity contribution in [1.82, 2.24) is 9.78 Å². The lowest BCUT2D eigenvalue weighted by atomic mass is 10.1. The molecule has 0 aliphatic carbocycles. The van der Waals surface area contributed by atoms with Crippen LogP contribution in [0.15, 0.2) is 29.1 Å². The third-order valence-corrected chi connectivity index (χ3v) is 5.61. The summed E-state index contributed by atoms with van der Waals surface area (Å²) in [5.41, 5.74) is 1.14. The smallest absolute Gasteiger partial charge is 0.270 e. The number of carbonyl (C=O) groups is 1. The highest BCUT2D eigenvalue weighted by molar-refractivity contribution is 8.00. The van der Waals surface area contributed by atoms with Crippen molar-refractivity contribution in [1.29, 1.82) is 0 Å². The second kappa shape index (κ2) is 6.84. The molecule has 3 rings (SSSR count). The van der Waals surface area contributed by atoms with Crippen LogP contribution in [0.2, 0.25) is 0 Å². The molecule has 1 aromatic carbocycles. The van der Waals surface area contributed by atoms with Gasteiger partial charge in [0.1, 0.15) is 11.6 Å². The molecule has 5 nitrogen and oxygen atoms in total. The van der Waals surface area contributed by atoms with Crippen molar-refractivity contribution >= 4 is 23.5 Å². The van der Waals surface area contributed by atoms with E-state index in [1.807, 2.05) is 13.8 Å². The maximum absolute atomic E-state index is 13.2. The summed E-state index contributed by atoms with van der Waals surface area (Å²) in [6.45, 7) is 4.09. The lowest BCUT2D eigenvalue weighted by Crippen LogP contribution is -2.19. The molecule has 0 radical (unpaired) electrons. The molecule has 2 aromatic rings. The van der Waals surface area contributed by atoms with Crippen LogP contribution in [0.25, 0.3) is 0 Å². The summed E-state index contributed by atoms with van der Waals surface area (Å²) < 4.78 is 15.0. The molecule has 0 fully saturated rings. The number of hydrogen-bond acceptors (Lipinski definition) is 3. The number of halogens is 1. The summed E-state index contributed by atoms with van der Waals surface area (Å²) >= 11 is 1.38. The maximum Gasteiger partial charge on any atom is 0.270 e. The summed E-state index contributed by atoms with van der Waals surface area (Å²) in [7, 11) is 0. The Morgan fingerprint density at radius 3 is 2.54 bits per heavy atom. The van der Waals surface area contributed by atoms with Crippen molar-refractivity contribution in [2.75, 3.05) is 11.1 Å². The van der Waals surface area contributed by atoms with Crippen molar-refractivity contribution < 1.29 is 9.18 Å². The fraction of sp³-hybridized carbons (Fsp3) is 0.412. The van der Waals surface area contributed by atoms with Gasteiger partial charge in [0, 0.05) is 0 Å². The molecule has 0 spiro atoms. The first kappa shape index (κ1) is 16.8. The van der Waals surface area contributed by atoms with Gasteiger partial charge in [0.15, 0.2) is 0 Å². The topological polar surface area (TPSA) is 66.9 Å². The van der Waals surface area contributed by atoms with Crippen LogP contribution < -0.4 is 10.9 Å². The highest BCUT2D eigenvalue weighted by Gasteiger charge is 2.31. The Morgan fingerprint density at radius 1 is 1.25 bits per heavy atom. The summed E-state index contributed by atoms with van der Waals surface area (Å²) in [5.74, 6) is 0.330. The van der Waals surface area contributed by atoms with E-state index in [1.165, 1.54) is 23.9 Å². The summed E-state index contributed by atoms with van der Waals surface area (Å²) in [5, 5.41) is 5.44. The molecule has 2 N–H and O–H groups in total. The summed E-state index contributed by atoms with van der Waals surface area (Å²) in [4.78, 5) is 24.7. The van der Waals surface area contributed by atoms with Crippen LogP contribution in [0, 0.1) is 5.82 Å². The monoisotopic (exact) mass is 349 g/mol. The van der Waals surface area contributed by atoms with Gasteiger partial charge >= 0.3 is 0 Å². The molecule has 128 valence electrons. The first-order chi connectivity index (χ1) is 11.5. The minimum atomic E-state index is -0.324. The molecule has 0 saturated carbocycles. The normalized spacial score (nSPS) is 17.5. The van der Waals surface area contributed by atoms with E-state index in [-0.39, 0.29) is 34.3 Å². The van der Waals surface area contributed by atoms with Crippen LogP contribution in [0.4, 0.5) is 10.2 Å². The average molecular weight is 349 g/mol. The number of amides is 1. The van der Waals surface area contributed by atoms with E-state index >= 15 is 0 Å². The van der Waals surface area contributed by atoms with Crippen LogP contribution in [0.5, 0.6) is 0 Å². The van der Waals surface area contributed by atoms with Crippen LogP contribution in [0.1, 0.15) is 49.1 Å². The standard InChI is InChI=1S/C17H20FN3O2S/c1-3-12(4-2)21-16-14(17(23)20-21)15(24-9-13(22)19-16)10-5-7-11(18)8-6-10/h5-8,12,15H,3-4,9H2,1-2H3,(H,19,22)(H,20,23)/t15-/m1/s1. The number of hydrogen-bond donors (Lipinski definition) is 2. The first-order valence-corrected chi connectivity index (χ1v) is 9.11. The van der Waals surface area contributed by atoms with Gasteiger partial charge in [-0.2, -0.15) is 0 Å². The number of carbonyl (C=O) groups excluding carboxylic acids is 1. The molecular weight excluding hydrogens is 329 g/mol. The van der Waals surface area contributed by atoms with Crippen LogP contribution in [-0.2, 0) is 4.79 Å². The van der Waals surface area contributed by atoms with Crippen LogP contribution in [0.3, 0.4) is 0 Å². The minimum Gasteiger partial charge on any atom is -0.310 e. The van der Waals surface area contributed by atoms with E-state index in [2.05, 4.69) is 10.4 Å². The molecule has 1 aromatic heterocycles. The number of nitrogens with zero attached hydrogens (tertiary/aromatic N) is 1. The quantitative estimate of drug-likeness (QED) is 0.888. The molecule has 24 heavy (non-hydrogen) atoms. The zero-order valence-electron chi connectivity index (χ0n) is 13.6. The van der Waals surface area contributed by atoms with E-state index in [9.17, 15) is 14.0 Å². The molecule has 1 aliphatic heterocycles. The van der Waals surface area contributed by atoms with Crippen LogP contribution >= 0.6 is 11.8 Å². The molecule has 2 heterocycles. The molecule has 7 heteroatoms. The highest BCUT2D eigenvalue weighted by atomic mass is 32.2. The number of rotatable bonds is 4. The third kappa shape index (κ3) is 3.00. The maximum atomic E-state index is 13.2. The molecule has 1 atom stereocenters. The Bertz CT molecular complexity index is 793. The van der Waals surface area contributed by atoms with Crippen molar-refractivity contribution in [2.45, 2.75) is 38.0 Å². The Hall–Kier alpha value is -2.02. The van der Waals surface area contributed by atoms with Gasteiger partial charge < -0.3 is 5.32 Å². The lowest BCUT2D eigenvalue weighted by Gasteiger charge is -2.18. The average Bonchev–Trinajstić information content (AvgIpc) is 2.77. The SMILES string of the molecule is CCC(CC)n1[nH]c(=O)c2c1NC(=O)CS[C@@H]2c1ccc(F)cc1. The number of aromatic amines is 1. The number of aromatic nitrogens is 2. The van der Waals surface area contributed by atoms with Crippen molar-refractivity contribution in [3.63, 3.8) is 0 Å². The Balaban J connectivity index is 2.15. The number of H-pyrrole nitrogens is 1. The van der Waals surface area contributed by atoms with Crippen molar-refractivity contribution in [2.24, 2.45) is 0 Å². The third-order valence-electron chi connectivity index (χ3n) is 4.34. The Kier molecular flexibility index (Phi) is 4.80. The van der Waals surface area contributed by atoms with E-state index in [1.54, 1.807) is 16.8 Å². The lowest BCUT2D eigenvalue weighted by molar-refractivity contribution is -0.113. The van der Waals surface area contributed by atoms with Crippen molar-refractivity contribution in [3.8, 4) is 0 Å². The second-order valence-electron chi connectivity index (χ2n) is 5.83. The van der Waals surface area contributed by atoms with E-state index in [0.717, 1.165) is 18.4 Å². The van der Waals surface area contributed by atoms with Gasteiger partial charge in [-0.15, -0.1) is 11.8 Å². The van der Waals surface area contributed by atoms with Crippen molar-refractivity contribution in [3.05, 3.63) is 51.6 Å². The van der Waals surface area contributed by atoms with Gasteiger partial charge in [-0.25, -0.2) is 4.39 Å². The Morgan fingerprint density at radius 2 is 1.92 bits per heavy atom. The number of nitrogens with one attached hydrogen (secondary N) is 2. The van der Waals surface area contributed by atoms with Gasteiger partial charge in [0.25, 0.3) is 5.56 Å². The van der Waals surface area contributed by atoms with Gasteiger partial charge in [0.2, 0.25) is 5.91 Å². The van der Waals surface area contributed by atoms with Gasteiger partial charge in [-0.3, -0.25) is 19.4 Å². The molecule has 0 unspecified atom stereocenters. The fourth-order valence-electron chi connectivity index (χ4n) is 3.07. The fourth-order valence-corrected chi connectivity index (χ4v) is 4.20. The predicted molar refractivity (Wildman–Crippen MR) is 94.0 cm³/mol. The van der Waals surface area contributed by atoms with E-state index in [0.29, 0.717) is 11.4 Å². The number of thioether (sulfide) groups is 1. The van der Waals surface area contributed by atoms with Crippen LogP contribution in [-0.4, -0.2) is 21.4 Å². The number of benzene rings is 1. The van der Waals surface area contributed by atoms with E-state index in [4.69, 9.17) is 0 Å². The van der Waals surface area contributed by atoms with Gasteiger partial charge in [0.05, 0.1) is 22.6 Å². The molecule has 1 amide bonds. The molecule has 0 saturated heterocycles. The zero-order valence-corrected chi connectivity index (χ0v) is 14.5. The Labute approximate surface area is 143 Å². The van der Waals surface area contributed by atoms with E-state index < -0.39 is 0 Å². The summed E-state index contributed by atoms with van der Waals surface area (Å²) in [6.07, 6.45) is 1.69. The zero-order chi connectivity index (χ0) is 17.3. The van der Waals surface area contributed by atoms with Gasteiger partial charge in [-0.05, 0) is 30.5 Å². The first-order valence-electron chi connectivity index (χ1n) is 8.06. The molecule has 0 bridgehead atoms. The predicted octanol–water partition coefficient (Wildman–Crippen LogP) is 3.45. The minimum absolute atomic E-state index is 0.110. The summed E-state index contributed by atoms with van der Waals surface area (Å²) in [6, 6.07) is 6.20. The molecular formula is C17H20FN3O2S.